The molecule has 1 aromatic carbocycles. The molecule has 0 saturated heterocycles. The Kier molecular flexibility index (Phi) is 4.24. The van der Waals surface area contributed by atoms with E-state index in [0.717, 1.165) is 12.1 Å². The van der Waals surface area contributed by atoms with Crippen LogP contribution in [0.4, 0.5) is 9.52 Å². The molecule has 2 aromatic rings. The molecule has 1 aromatic heterocycles. The minimum absolute atomic E-state index is 0.0567. The minimum Gasteiger partial charge on any atom is -0.255 e. The number of halogens is 2. The van der Waals surface area contributed by atoms with E-state index in [-0.39, 0.29) is 15.0 Å². The van der Waals surface area contributed by atoms with Crippen molar-refractivity contribution in [3.8, 4) is 0 Å². The molecule has 0 spiro atoms. The zero-order valence-corrected chi connectivity index (χ0v) is 13.6. The van der Waals surface area contributed by atoms with Crippen LogP contribution in [0.25, 0.3) is 0 Å². The molecule has 1 heterocycles. The number of nitrogens with one attached hydrogen (secondary N) is 1. The number of sulfonamides is 1. The highest BCUT2D eigenvalue weighted by Gasteiger charge is 2.24. The van der Waals surface area contributed by atoms with E-state index in [2.05, 4.69) is 4.98 Å². The Morgan fingerprint density at radius 2 is 1.86 bits per heavy atom. The van der Waals surface area contributed by atoms with Crippen molar-refractivity contribution < 1.29 is 21.2 Å². The average molecular weight is 371 g/mol. The van der Waals surface area contributed by atoms with Gasteiger partial charge in [0.1, 0.15) is 10.7 Å². The molecule has 11 heteroatoms. The molecule has 0 saturated carbocycles. The first-order valence-electron chi connectivity index (χ1n) is 5.31. The van der Waals surface area contributed by atoms with Crippen LogP contribution < -0.4 is 4.72 Å². The van der Waals surface area contributed by atoms with Gasteiger partial charge in [0.25, 0.3) is 19.1 Å². The van der Waals surface area contributed by atoms with Crippen LogP contribution in [-0.2, 0) is 19.1 Å². The number of hydrogen-bond acceptors (Lipinski definition) is 6. The van der Waals surface area contributed by atoms with Gasteiger partial charge in [-0.2, -0.15) is 0 Å². The third-order valence-electron chi connectivity index (χ3n) is 2.32. The van der Waals surface area contributed by atoms with Gasteiger partial charge in [-0.1, -0.05) is 23.5 Å². The number of anilines is 1. The van der Waals surface area contributed by atoms with Crippen LogP contribution >= 0.6 is 22.0 Å². The van der Waals surface area contributed by atoms with Crippen molar-refractivity contribution in [2.75, 3.05) is 4.72 Å². The van der Waals surface area contributed by atoms with Gasteiger partial charge in [0.15, 0.2) is 9.34 Å². The summed E-state index contributed by atoms with van der Waals surface area (Å²) in [6, 6.07) is 4.78. The second-order valence-electron chi connectivity index (χ2n) is 3.87. The van der Waals surface area contributed by atoms with E-state index in [0.29, 0.717) is 11.3 Å². The first-order valence-corrected chi connectivity index (χ1v) is 9.91. The quantitative estimate of drug-likeness (QED) is 0.833. The monoisotopic (exact) mass is 370 g/mol. The van der Waals surface area contributed by atoms with E-state index < -0.39 is 29.8 Å². The highest BCUT2D eigenvalue weighted by molar-refractivity contribution is 8.15. The molecule has 21 heavy (non-hydrogen) atoms. The molecule has 0 unspecified atom stereocenters. The fourth-order valence-electron chi connectivity index (χ4n) is 1.48. The maximum Gasteiger partial charge on any atom is 0.272 e. The van der Waals surface area contributed by atoms with Crippen molar-refractivity contribution in [3.05, 3.63) is 35.8 Å². The zero-order chi connectivity index (χ0) is 15.8. The Balaban J connectivity index is 2.41. The molecule has 0 radical (unpaired) electrons. The van der Waals surface area contributed by atoms with Gasteiger partial charge in [-0.25, -0.2) is 26.2 Å². The second-order valence-corrected chi connectivity index (χ2v) is 9.28. The van der Waals surface area contributed by atoms with Crippen LogP contribution in [0.5, 0.6) is 0 Å². The van der Waals surface area contributed by atoms with E-state index in [1.807, 2.05) is 4.72 Å². The summed E-state index contributed by atoms with van der Waals surface area (Å²) < 4.78 is 61.8. The Bertz CT molecular complexity index is 893. The molecule has 0 aliphatic heterocycles. The first-order chi connectivity index (χ1) is 9.61. The first kappa shape index (κ1) is 16.1. The van der Waals surface area contributed by atoms with E-state index >= 15 is 0 Å². The Morgan fingerprint density at radius 1 is 1.24 bits per heavy atom. The van der Waals surface area contributed by atoms with Gasteiger partial charge < -0.3 is 0 Å². The summed E-state index contributed by atoms with van der Waals surface area (Å²) in [6.45, 7) is 1.37. The van der Waals surface area contributed by atoms with Gasteiger partial charge in [0.2, 0.25) is 0 Å². The highest BCUT2D eigenvalue weighted by atomic mass is 35.7. The number of thiazole rings is 1. The van der Waals surface area contributed by atoms with Crippen LogP contribution in [0.2, 0.25) is 0 Å². The molecule has 0 aliphatic carbocycles. The SMILES string of the molecule is Cc1nc(NS(=O)(=O)c2ccccc2F)sc1S(=O)(=O)Cl. The van der Waals surface area contributed by atoms with E-state index in [4.69, 9.17) is 10.7 Å². The van der Waals surface area contributed by atoms with E-state index in [9.17, 15) is 21.2 Å². The number of rotatable bonds is 4. The summed E-state index contributed by atoms with van der Waals surface area (Å²) in [5, 5.41) is -0.213. The van der Waals surface area contributed by atoms with Crippen molar-refractivity contribution >= 4 is 46.2 Å². The lowest BCUT2D eigenvalue weighted by atomic mass is 10.4. The smallest absolute Gasteiger partial charge is 0.255 e. The van der Waals surface area contributed by atoms with E-state index in [1.165, 1.54) is 19.1 Å². The Morgan fingerprint density at radius 3 is 2.38 bits per heavy atom. The summed E-state index contributed by atoms with van der Waals surface area (Å²) in [4.78, 5) is 3.20. The number of aryl methyl sites for hydroxylation is 1. The number of hydrogen-bond donors (Lipinski definition) is 1. The summed E-state index contributed by atoms with van der Waals surface area (Å²) in [5.41, 5.74) is 0.0567. The molecule has 1 N–H and O–H groups in total. The standard InChI is InChI=1S/C10H8ClFN2O4S3/c1-6-9(20(11,15)16)19-10(13-6)14-21(17,18)8-5-3-2-4-7(8)12/h2-5H,1H3,(H,13,14). The van der Waals surface area contributed by atoms with Gasteiger partial charge in [0, 0.05) is 10.7 Å². The molecule has 0 amide bonds. The van der Waals surface area contributed by atoms with Crippen LogP contribution in [0.1, 0.15) is 5.69 Å². The van der Waals surface area contributed by atoms with Gasteiger partial charge >= 0.3 is 0 Å². The summed E-state index contributed by atoms with van der Waals surface area (Å²) in [6.07, 6.45) is 0. The molecule has 0 atom stereocenters. The van der Waals surface area contributed by atoms with Crippen molar-refractivity contribution in [2.45, 2.75) is 16.0 Å². The molecule has 6 nitrogen and oxygen atoms in total. The Labute approximate surface area is 129 Å². The largest absolute Gasteiger partial charge is 0.272 e. The average Bonchev–Trinajstić information content (AvgIpc) is 2.69. The predicted molar refractivity (Wildman–Crippen MR) is 77.1 cm³/mol. The lowest BCUT2D eigenvalue weighted by Gasteiger charge is -2.05. The molecule has 0 bridgehead atoms. The Hall–Kier alpha value is -1.23. The fourth-order valence-corrected chi connectivity index (χ4v) is 5.15. The normalized spacial score (nSPS) is 12.3. The molecular weight excluding hydrogens is 363 g/mol. The van der Waals surface area contributed by atoms with Gasteiger partial charge in [-0.3, -0.25) is 4.72 Å². The molecule has 114 valence electrons. The number of nitrogens with zero attached hydrogens (tertiary/aromatic N) is 1. The van der Waals surface area contributed by atoms with Gasteiger partial charge in [-0.15, -0.1) is 0 Å². The topological polar surface area (TPSA) is 93.2 Å². The second kappa shape index (κ2) is 5.52. The third-order valence-corrected chi connectivity index (χ3v) is 7.08. The molecule has 0 fully saturated rings. The summed E-state index contributed by atoms with van der Waals surface area (Å²) >= 11 is 0.550. The lowest BCUT2D eigenvalue weighted by molar-refractivity contribution is 0.570. The fraction of sp³-hybridized carbons (Fsp3) is 0.100. The van der Waals surface area contributed by atoms with Crippen LogP contribution in [0, 0.1) is 12.7 Å². The van der Waals surface area contributed by atoms with Gasteiger partial charge in [-0.05, 0) is 19.1 Å². The van der Waals surface area contributed by atoms with Crippen molar-refractivity contribution in [1.82, 2.24) is 4.98 Å². The predicted octanol–water partition coefficient (Wildman–Crippen LogP) is 2.32. The summed E-state index contributed by atoms with van der Waals surface area (Å²) in [5.74, 6) is -0.927. The zero-order valence-electron chi connectivity index (χ0n) is 10.4. The van der Waals surface area contributed by atoms with Crippen molar-refractivity contribution in [1.29, 1.82) is 0 Å². The minimum atomic E-state index is -4.21. The highest BCUT2D eigenvalue weighted by Crippen LogP contribution is 2.31. The third kappa shape index (κ3) is 3.51. The maximum absolute atomic E-state index is 13.5. The van der Waals surface area contributed by atoms with Crippen molar-refractivity contribution in [2.24, 2.45) is 0 Å². The number of aromatic nitrogens is 1. The molecule has 2 rings (SSSR count). The van der Waals surface area contributed by atoms with E-state index in [1.54, 1.807) is 0 Å². The molecular formula is C10H8ClFN2O4S3. The summed E-state index contributed by atoms with van der Waals surface area (Å²) in [7, 11) is -3.03. The van der Waals surface area contributed by atoms with Crippen LogP contribution in [-0.4, -0.2) is 21.8 Å². The van der Waals surface area contributed by atoms with Crippen LogP contribution in [0.15, 0.2) is 33.4 Å². The lowest BCUT2D eigenvalue weighted by Crippen LogP contribution is -2.14. The number of benzene rings is 1. The maximum atomic E-state index is 13.5. The van der Waals surface area contributed by atoms with Gasteiger partial charge in [0.05, 0.1) is 5.69 Å². The molecule has 0 aliphatic rings. The van der Waals surface area contributed by atoms with Crippen LogP contribution in [0.3, 0.4) is 0 Å². The van der Waals surface area contributed by atoms with Crippen molar-refractivity contribution in [3.63, 3.8) is 0 Å².